The van der Waals surface area contributed by atoms with E-state index < -0.39 is 0 Å². The standard InChI is InChI=1S/C24H24N2O6/c1-29-21-12-17(13-22(30-2)23(21)31-3)15-32-20-10-6-18(7-11-20)24(28)26-25-14-16-4-8-19(27)9-5-16/h4-14,27H,15H2,1-3H3,(H,26,28)/b25-14+. The van der Waals surface area contributed by atoms with Crippen LogP contribution in [0.2, 0.25) is 0 Å². The van der Waals surface area contributed by atoms with Gasteiger partial charge < -0.3 is 24.1 Å². The Balaban J connectivity index is 1.58. The maximum atomic E-state index is 12.2. The zero-order valence-electron chi connectivity index (χ0n) is 18.0. The van der Waals surface area contributed by atoms with Crippen molar-refractivity contribution in [3.8, 4) is 28.7 Å². The van der Waals surface area contributed by atoms with Gasteiger partial charge in [-0.15, -0.1) is 0 Å². The number of methoxy groups -OCH3 is 3. The molecule has 0 aromatic heterocycles. The van der Waals surface area contributed by atoms with Gasteiger partial charge in [0.15, 0.2) is 11.5 Å². The molecule has 0 aliphatic heterocycles. The molecule has 0 saturated heterocycles. The smallest absolute Gasteiger partial charge is 0.271 e. The molecule has 8 nitrogen and oxygen atoms in total. The minimum absolute atomic E-state index is 0.166. The van der Waals surface area contributed by atoms with Gasteiger partial charge >= 0.3 is 0 Å². The van der Waals surface area contributed by atoms with E-state index in [1.165, 1.54) is 6.21 Å². The van der Waals surface area contributed by atoms with E-state index in [1.807, 2.05) is 12.1 Å². The second-order valence-electron chi connectivity index (χ2n) is 6.64. The molecule has 2 N–H and O–H groups in total. The highest BCUT2D eigenvalue weighted by molar-refractivity contribution is 5.95. The molecule has 0 fully saturated rings. The molecule has 166 valence electrons. The van der Waals surface area contributed by atoms with Crippen LogP contribution in [0.3, 0.4) is 0 Å². The maximum absolute atomic E-state index is 12.2. The van der Waals surface area contributed by atoms with E-state index in [0.29, 0.717) is 28.6 Å². The van der Waals surface area contributed by atoms with Gasteiger partial charge in [-0.3, -0.25) is 4.79 Å². The lowest BCUT2D eigenvalue weighted by Gasteiger charge is -2.14. The van der Waals surface area contributed by atoms with Crippen molar-refractivity contribution in [3.63, 3.8) is 0 Å². The van der Waals surface area contributed by atoms with Gasteiger partial charge in [0.25, 0.3) is 5.91 Å². The highest BCUT2D eigenvalue weighted by atomic mass is 16.5. The number of rotatable bonds is 9. The van der Waals surface area contributed by atoms with Crippen LogP contribution in [0, 0.1) is 0 Å². The first-order chi connectivity index (χ1) is 15.5. The lowest BCUT2D eigenvalue weighted by Crippen LogP contribution is -2.17. The van der Waals surface area contributed by atoms with Gasteiger partial charge in [0, 0.05) is 5.56 Å². The SMILES string of the molecule is COc1cc(COc2ccc(C(=O)N/N=C/c3ccc(O)cc3)cc2)cc(OC)c1OC. The highest BCUT2D eigenvalue weighted by Gasteiger charge is 2.13. The minimum Gasteiger partial charge on any atom is -0.508 e. The predicted molar refractivity (Wildman–Crippen MR) is 120 cm³/mol. The Kier molecular flexibility index (Phi) is 7.53. The summed E-state index contributed by atoms with van der Waals surface area (Å²) in [5, 5.41) is 13.2. The molecule has 32 heavy (non-hydrogen) atoms. The monoisotopic (exact) mass is 436 g/mol. The topological polar surface area (TPSA) is 98.6 Å². The van der Waals surface area contributed by atoms with Crippen LogP contribution in [-0.4, -0.2) is 38.6 Å². The number of hydrogen-bond acceptors (Lipinski definition) is 7. The number of hydrogen-bond donors (Lipinski definition) is 2. The van der Waals surface area contributed by atoms with Gasteiger partial charge in [-0.25, -0.2) is 5.43 Å². The van der Waals surface area contributed by atoms with E-state index in [9.17, 15) is 9.90 Å². The quantitative estimate of drug-likeness (QED) is 0.392. The van der Waals surface area contributed by atoms with E-state index in [0.717, 1.165) is 11.1 Å². The molecule has 8 heteroatoms. The van der Waals surface area contributed by atoms with Crippen molar-refractivity contribution in [2.24, 2.45) is 5.10 Å². The van der Waals surface area contributed by atoms with E-state index >= 15 is 0 Å². The summed E-state index contributed by atoms with van der Waals surface area (Å²) < 4.78 is 21.8. The molecule has 0 heterocycles. The fourth-order valence-corrected chi connectivity index (χ4v) is 2.88. The Bertz CT molecular complexity index is 1050. The lowest BCUT2D eigenvalue weighted by atomic mass is 10.2. The van der Waals surface area contributed by atoms with Crippen molar-refractivity contribution in [1.29, 1.82) is 0 Å². The number of phenols is 1. The third-order valence-corrected chi connectivity index (χ3v) is 4.52. The van der Waals surface area contributed by atoms with Crippen LogP contribution in [0.5, 0.6) is 28.7 Å². The number of ether oxygens (including phenoxy) is 4. The zero-order chi connectivity index (χ0) is 22.9. The second kappa shape index (κ2) is 10.7. The van der Waals surface area contributed by atoms with Crippen molar-refractivity contribution in [1.82, 2.24) is 5.43 Å². The summed E-state index contributed by atoms with van der Waals surface area (Å²) in [6.07, 6.45) is 1.49. The van der Waals surface area contributed by atoms with Gasteiger partial charge in [-0.1, -0.05) is 0 Å². The average molecular weight is 436 g/mol. The minimum atomic E-state index is -0.351. The Morgan fingerprint density at radius 2 is 1.56 bits per heavy atom. The molecule has 0 bridgehead atoms. The third kappa shape index (κ3) is 5.69. The summed E-state index contributed by atoms with van der Waals surface area (Å²) in [4.78, 5) is 12.2. The number of carbonyl (C=O) groups is 1. The lowest BCUT2D eigenvalue weighted by molar-refractivity contribution is 0.0955. The Labute approximate surface area is 186 Å². The third-order valence-electron chi connectivity index (χ3n) is 4.52. The summed E-state index contributed by atoms with van der Waals surface area (Å²) in [5.74, 6) is 2.02. The largest absolute Gasteiger partial charge is 0.508 e. The summed E-state index contributed by atoms with van der Waals surface area (Å²) in [7, 11) is 4.66. The molecule has 0 atom stereocenters. The molecule has 3 rings (SSSR count). The summed E-state index contributed by atoms with van der Waals surface area (Å²) in [5.41, 5.74) is 4.49. The Hall–Kier alpha value is -4.20. The van der Waals surface area contributed by atoms with Gasteiger partial charge in [0.1, 0.15) is 18.1 Å². The number of benzene rings is 3. The molecule has 3 aromatic carbocycles. The molecule has 0 aliphatic rings. The van der Waals surface area contributed by atoms with Crippen LogP contribution in [-0.2, 0) is 6.61 Å². The average Bonchev–Trinajstić information content (AvgIpc) is 2.83. The molecule has 0 aliphatic carbocycles. The summed E-state index contributed by atoms with van der Waals surface area (Å²) >= 11 is 0. The molecular weight excluding hydrogens is 412 g/mol. The summed E-state index contributed by atoms with van der Waals surface area (Å²) in [6.45, 7) is 0.277. The van der Waals surface area contributed by atoms with E-state index in [1.54, 1.807) is 69.9 Å². The zero-order valence-corrected chi connectivity index (χ0v) is 18.0. The molecule has 0 spiro atoms. The Morgan fingerprint density at radius 3 is 2.12 bits per heavy atom. The van der Waals surface area contributed by atoms with Crippen LogP contribution >= 0.6 is 0 Å². The summed E-state index contributed by atoms with van der Waals surface area (Å²) in [6, 6.07) is 16.8. The number of carbonyl (C=O) groups excluding carboxylic acids is 1. The van der Waals surface area contributed by atoms with Crippen LogP contribution in [0.25, 0.3) is 0 Å². The predicted octanol–water partition coefficient (Wildman–Crippen LogP) is 3.76. The van der Waals surface area contributed by atoms with Crippen LogP contribution in [0.15, 0.2) is 65.8 Å². The maximum Gasteiger partial charge on any atom is 0.271 e. The van der Waals surface area contributed by atoms with Crippen molar-refractivity contribution in [2.45, 2.75) is 6.61 Å². The fraction of sp³-hybridized carbons (Fsp3) is 0.167. The van der Waals surface area contributed by atoms with Crippen molar-refractivity contribution in [2.75, 3.05) is 21.3 Å². The van der Waals surface area contributed by atoms with Gasteiger partial charge in [0.2, 0.25) is 5.75 Å². The Morgan fingerprint density at radius 1 is 0.938 bits per heavy atom. The molecule has 0 unspecified atom stereocenters. The van der Waals surface area contributed by atoms with E-state index in [2.05, 4.69) is 10.5 Å². The molecule has 1 amide bonds. The molecular formula is C24H24N2O6. The van der Waals surface area contributed by atoms with Gasteiger partial charge in [-0.2, -0.15) is 5.10 Å². The van der Waals surface area contributed by atoms with E-state index in [4.69, 9.17) is 18.9 Å². The fourth-order valence-electron chi connectivity index (χ4n) is 2.88. The number of nitrogens with zero attached hydrogens (tertiary/aromatic N) is 1. The van der Waals surface area contributed by atoms with Crippen molar-refractivity contribution >= 4 is 12.1 Å². The second-order valence-corrected chi connectivity index (χ2v) is 6.64. The van der Waals surface area contributed by atoms with E-state index in [-0.39, 0.29) is 18.3 Å². The number of hydrazone groups is 1. The first kappa shape index (κ1) is 22.5. The van der Waals surface area contributed by atoms with Crippen LogP contribution in [0.4, 0.5) is 0 Å². The van der Waals surface area contributed by atoms with Crippen molar-refractivity contribution < 1.29 is 28.8 Å². The molecule has 0 saturated carbocycles. The van der Waals surface area contributed by atoms with Gasteiger partial charge in [-0.05, 0) is 71.8 Å². The molecule has 0 radical (unpaired) electrons. The number of phenolic OH excluding ortho intramolecular Hbond substituents is 1. The normalized spacial score (nSPS) is 10.6. The highest BCUT2D eigenvalue weighted by Crippen LogP contribution is 2.38. The van der Waals surface area contributed by atoms with Crippen LogP contribution < -0.4 is 24.4 Å². The number of amides is 1. The number of nitrogens with one attached hydrogen (secondary N) is 1. The first-order valence-electron chi connectivity index (χ1n) is 9.68. The van der Waals surface area contributed by atoms with Crippen LogP contribution in [0.1, 0.15) is 21.5 Å². The van der Waals surface area contributed by atoms with Gasteiger partial charge in [0.05, 0.1) is 27.5 Å². The molecule has 3 aromatic rings. The van der Waals surface area contributed by atoms with Crippen molar-refractivity contribution in [3.05, 3.63) is 77.4 Å². The first-order valence-corrected chi connectivity index (χ1v) is 9.68. The number of aromatic hydroxyl groups is 1.